The molecule has 0 bridgehead atoms. The molecule has 2 heterocycles. The van der Waals surface area contributed by atoms with Crippen LogP contribution in [0, 0.1) is 0 Å². The number of likely N-dealkylation sites (tertiary alicyclic amines) is 1. The number of nitrogens with two attached hydrogens (primary N) is 1. The molecule has 5 heteroatoms. The van der Waals surface area contributed by atoms with Crippen molar-refractivity contribution in [3.8, 4) is 0 Å². The van der Waals surface area contributed by atoms with Crippen LogP contribution in [0.4, 0.5) is 5.69 Å². The van der Waals surface area contributed by atoms with Crippen molar-refractivity contribution in [2.75, 3.05) is 25.5 Å². The van der Waals surface area contributed by atoms with E-state index in [0.717, 1.165) is 17.8 Å². The Morgan fingerprint density at radius 2 is 2.53 bits per heavy atom. The molecule has 1 aliphatic heterocycles. The molecule has 0 spiro atoms. The second-order valence-electron chi connectivity index (χ2n) is 4.44. The van der Waals surface area contributed by atoms with E-state index in [0.29, 0.717) is 11.0 Å². The zero-order valence-electron chi connectivity index (χ0n) is 10.0. The Bertz CT molecular complexity index is 407. The summed E-state index contributed by atoms with van der Waals surface area (Å²) in [7, 11) is 2.16. The maximum absolute atomic E-state index is 5.68. The molecule has 1 fully saturated rings. The molecule has 92 valence electrons. The van der Waals surface area contributed by atoms with Gasteiger partial charge in [-0.3, -0.25) is 4.98 Å². The molecule has 0 amide bonds. The molecule has 0 aliphatic carbocycles. The summed E-state index contributed by atoms with van der Waals surface area (Å²) in [4.78, 5) is 6.89. The first-order valence-corrected chi connectivity index (χ1v) is 6.27. The van der Waals surface area contributed by atoms with Crippen molar-refractivity contribution in [1.29, 1.82) is 0 Å². The van der Waals surface area contributed by atoms with E-state index >= 15 is 0 Å². The Labute approximate surface area is 107 Å². The van der Waals surface area contributed by atoms with Crippen LogP contribution < -0.4 is 11.1 Å². The van der Waals surface area contributed by atoms with Gasteiger partial charge in [0.2, 0.25) is 0 Å². The van der Waals surface area contributed by atoms with Gasteiger partial charge in [-0.2, -0.15) is 0 Å². The van der Waals surface area contributed by atoms with Gasteiger partial charge < -0.3 is 16.0 Å². The van der Waals surface area contributed by atoms with E-state index in [9.17, 15) is 0 Å². The van der Waals surface area contributed by atoms with Crippen molar-refractivity contribution in [3.05, 3.63) is 24.0 Å². The van der Waals surface area contributed by atoms with Crippen molar-refractivity contribution in [3.63, 3.8) is 0 Å². The van der Waals surface area contributed by atoms with Gasteiger partial charge in [0.1, 0.15) is 4.99 Å². The summed E-state index contributed by atoms with van der Waals surface area (Å²) in [6, 6.07) is 2.44. The average molecular weight is 250 g/mol. The number of rotatable bonds is 4. The van der Waals surface area contributed by atoms with Crippen molar-refractivity contribution in [1.82, 2.24) is 9.88 Å². The quantitative estimate of drug-likeness (QED) is 0.787. The highest BCUT2D eigenvalue weighted by Crippen LogP contribution is 2.17. The van der Waals surface area contributed by atoms with E-state index in [4.69, 9.17) is 18.0 Å². The molecule has 2 rings (SSSR count). The summed E-state index contributed by atoms with van der Waals surface area (Å²) in [6.07, 6.45) is 6.01. The van der Waals surface area contributed by atoms with Gasteiger partial charge in [0.25, 0.3) is 0 Å². The number of likely N-dealkylation sites (N-methyl/N-ethyl adjacent to an activating group) is 1. The Kier molecular flexibility index (Phi) is 3.91. The van der Waals surface area contributed by atoms with Crippen LogP contribution in [0.2, 0.25) is 0 Å². The molecule has 1 aliphatic rings. The Hall–Kier alpha value is -1.20. The minimum atomic E-state index is 0.412. The zero-order valence-corrected chi connectivity index (χ0v) is 10.8. The van der Waals surface area contributed by atoms with Gasteiger partial charge in [0.05, 0.1) is 11.9 Å². The maximum Gasteiger partial charge on any atom is 0.106 e. The van der Waals surface area contributed by atoms with Crippen LogP contribution in [0.15, 0.2) is 18.5 Å². The molecule has 4 nitrogen and oxygen atoms in total. The zero-order chi connectivity index (χ0) is 12.3. The highest BCUT2D eigenvalue weighted by molar-refractivity contribution is 7.80. The SMILES string of the molecule is CN1CCCC1CNc1cnccc1C(N)=S. The van der Waals surface area contributed by atoms with Crippen molar-refractivity contribution < 1.29 is 0 Å². The molecular formula is C12H18N4S. The molecule has 1 aromatic heterocycles. The largest absolute Gasteiger partial charge is 0.389 e. The van der Waals surface area contributed by atoms with Crippen LogP contribution in [0.1, 0.15) is 18.4 Å². The van der Waals surface area contributed by atoms with Gasteiger partial charge >= 0.3 is 0 Å². The van der Waals surface area contributed by atoms with E-state index in [1.807, 2.05) is 6.07 Å². The summed E-state index contributed by atoms with van der Waals surface area (Å²) >= 11 is 5.02. The topological polar surface area (TPSA) is 54.2 Å². The van der Waals surface area contributed by atoms with Crippen molar-refractivity contribution in [2.45, 2.75) is 18.9 Å². The minimum absolute atomic E-state index is 0.412. The second kappa shape index (κ2) is 5.42. The highest BCUT2D eigenvalue weighted by atomic mass is 32.1. The normalized spacial score (nSPS) is 20.4. The molecule has 0 aromatic carbocycles. The fourth-order valence-corrected chi connectivity index (χ4v) is 2.39. The van der Waals surface area contributed by atoms with Crippen LogP contribution in [0.5, 0.6) is 0 Å². The third kappa shape index (κ3) is 2.92. The van der Waals surface area contributed by atoms with Crippen molar-refractivity contribution >= 4 is 22.9 Å². The van der Waals surface area contributed by atoms with E-state index in [1.54, 1.807) is 12.4 Å². The summed E-state index contributed by atoms with van der Waals surface area (Å²) in [5, 5.41) is 3.40. The van der Waals surface area contributed by atoms with Gasteiger partial charge in [-0.05, 0) is 32.5 Å². The number of aromatic nitrogens is 1. The number of hydrogen-bond donors (Lipinski definition) is 2. The Morgan fingerprint density at radius 3 is 3.18 bits per heavy atom. The molecular weight excluding hydrogens is 232 g/mol. The standard InChI is InChI=1S/C12H18N4S/c1-16-6-2-3-9(16)7-15-11-8-14-5-4-10(11)12(13)17/h4-5,8-9,15H,2-3,6-7H2,1H3,(H2,13,17). The third-order valence-electron chi connectivity index (χ3n) is 3.29. The molecule has 3 N–H and O–H groups in total. The van der Waals surface area contributed by atoms with Crippen LogP contribution in [-0.4, -0.2) is 41.1 Å². The smallest absolute Gasteiger partial charge is 0.106 e. The first-order valence-electron chi connectivity index (χ1n) is 5.86. The number of pyridine rings is 1. The summed E-state index contributed by atoms with van der Waals surface area (Å²) < 4.78 is 0. The Morgan fingerprint density at radius 1 is 1.71 bits per heavy atom. The highest BCUT2D eigenvalue weighted by Gasteiger charge is 2.20. The summed E-state index contributed by atoms with van der Waals surface area (Å²) in [6.45, 7) is 2.10. The minimum Gasteiger partial charge on any atom is -0.389 e. The maximum atomic E-state index is 5.68. The first kappa shape index (κ1) is 12.3. The van der Waals surface area contributed by atoms with Gasteiger partial charge in [0.15, 0.2) is 0 Å². The van der Waals surface area contributed by atoms with Gasteiger partial charge in [-0.15, -0.1) is 0 Å². The second-order valence-corrected chi connectivity index (χ2v) is 4.88. The molecule has 1 unspecified atom stereocenters. The lowest BCUT2D eigenvalue weighted by Gasteiger charge is -2.21. The number of anilines is 1. The fraction of sp³-hybridized carbons (Fsp3) is 0.500. The number of nitrogens with zero attached hydrogens (tertiary/aromatic N) is 2. The lowest BCUT2D eigenvalue weighted by atomic mass is 10.2. The van der Waals surface area contributed by atoms with E-state index in [-0.39, 0.29) is 0 Å². The van der Waals surface area contributed by atoms with E-state index < -0.39 is 0 Å². The van der Waals surface area contributed by atoms with E-state index in [1.165, 1.54) is 19.4 Å². The van der Waals surface area contributed by atoms with Crippen LogP contribution in [-0.2, 0) is 0 Å². The predicted molar refractivity (Wildman–Crippen MR) is 74.3 cm³/mol. The lowest BCUT2D eigenvalue weighted by molar-refractivity contribution is 0.322. The van der Waals surface area contributed by atoms with Crippen LogP contribution in [0.3, 0.4) is 0 Å². The molecule has 1 saturated heterocycles. The molecule has 1 aromatic rings. The fourth-order valence-electron chi connectivity index (χ4n) is 2.22. The van der Waals surface area contributed by atoms with Gasteiger partial charge in [-0.25, -0.2) is 0 Å². The number of hydrogen-bond acceptors (Lipinski definition) is 4. The molecule has 1 atom stereocenters. The van der Waals surface area contributed by atoms with Crippen LogP contribution in [0.25, 0.3) is 0 Å². The van der Waals surface area contributed by atoms with Crippen LogP contribution >= 0.6 is 12.2 Å². The first-order chi connectivity index (χ1) is 8.18. The Balaban J connectivity index is 2.01. The number of nitrogens with one attached hydrogen (secondary N) is 1. The van der Waals surface area contributed by atoms with Gasteiger partial charge in [0, 0.05) is 24.3 Å². The van der Waals surface area contributed by atoms with E-state index in [2.05, 4.69) is 22.2 Å². The predicted octanol–water partition coefficient (Wildman–Crippen LogP) is 1.22. The molecule has 0 radical (unpaired) electrons. The monoisotopic (exact) mass is 250 g/mol. The van der Waals surface area contributed by atoms with Gasteiger partial charge in [-0.1, -0.05) is 12.2 Å². The average Bonchev–Trinajstić information content (AvgIpc) is 2.72. The summed E-state index contributed by atoms with van der Waals surface area (Å²) in [5.74, 6) is 0. The van der Waals surface area contributed by atoms with Crippen molar-refractivity contribution in [2.24, 2.45) is 5.73 Å². The summed E-state index contributed by atoms with van der Waals surface area (Å²) in [5.41, 5.74) is 7.48. The molecule has 17 heavy (non-hydrogen) atoms. The number of thiocarbonyl (C=S) groups is 1. The third-order valence-corrected chi connectivity index (χ3v) is 3.51. The lowest BCUT2D eigenvalue weighted by Crippen LogP contribution is -2.32. The molecule has 0 saturated carbocycles.